The van der Waals surface area contributed by atoms with Gasteiger partial charge in [0.05, 0.1) is 18.7 Å². The molecule has 1 atom stereocenters. The molecule has 5 heteroatoms. The van der Waals surface area contributed by atoms with Gasteiger partial charge in [-0.05, 0) is 61.0 Å². The Balaban J connectivity index is 1.70. The molecule has 2 aromatic carbocycles. The average Bonchev–Trinajstić information content (AvgIpc) is 3.27. The van der Waals surface area contributed by atoms with Crippen LogP contribution in [0.4, 0.5) is 5.69 Å². The Morgan fingerprint density at radius 2 is 1.76 bits per heavy atom. The van der Waals surface area contributed by atoms with Gasteiger partial charge in [-0.25, -0.2) is 0 Å². The number of amides is 1. The van der Waals surface area contributed by atoms with Crippen LogP contribution in [0, 0.1) is 20.8 Å². The van der Waals surface area contributed by atoms with Crippen LogP contribution in [0.2, 0.25) is 0 Å². The summed E-state index contributed by atoms with van der Waals surface area (Å²) in [5.41, 5.74) is 2.86. The zero-order valence-corrected chi connectivity index (χ0v) is 17.5. The molecule has 0 fully saturated rings. The molecule has 0 saturated carbocycles. The Hall–Kier alpha value is -2.76. The van der Waals surface area contributed by atoms with Crippen LogP contribution in [0.25, 0.3) is 0 Å². The fourth-order valence-electron chi connectivity index (χ4n) is 3.98. The summed E-state index contributed by atoms with van der Waals surface area (Å²) in [5.74, 6) is -0.670. The highest BCUT2D eigenvalue weighted by atomic mass is 32.1. The van der Waals surface area contributed by atoms with Gasteiger partial charge >= 0.3 is 0 Å². The summed E-state index contributed by atoms with van der Waals surface area (Å²) in [6, 6.07) is 14.9. The highest BCUT2D eigenvalue weighted by molar-refractivity contribution is 7.09. The highest BCUT2D eigenvalue weighted by Crippen LogP contribution is 2.43. The third kappa shape index (κ3) is 3.30. The molecule has 0 spiro atoms. The summed E-state index contributed by atoms with van der Waals surface area (Å²) in [7, 11) is 0. The van der Waals surface area contributed by atoms with Gasteiger partial charge in [0.2, 0.25) is 0 Å². The molecule has 0 aliphatic carbocycles. The molecule has 0 saturated heterocycles. The van der Waals surface area contributed by atoms with Crippen molar-refractivity contribution in [3.63, 3.8) is 0 Å². The number of carbonyl (C=O) groups is 2. The molecule has 1 amide bonds. The van der Waals surface area contributed by atoms with Crippen molar-refractivity contribution in [1.29, 1.82) is 0 Å². The largest absolute Gasteiger partial charge is 0.375 e. The van der Waals surface area contributed by atoms with Crippen molar-refractivity contribution in [2.45, 2.75) is 39.3 Å². The Morgan fingerprint density at radius 1 is 1.03 bits per heavy atom. The molecule has 0 bridgehead atoms. The lowest BCUT2D eigenvalue weighted by atomic mass is 9.86. The number of hydrogen-bond donors (Lipinski definition) is 1. The number of thiophene rings is 1. The molecule has 4 rings (SSSR count). The molecule has 0 radical (unpaired) electrons. The first-order valence-electron chi connectivity index (χ1n) is 9.58. The van der Waals surface area contributed by atoms with E-state index in [-0.39, 0.29) is 12.2 Å². The van der Waals surface area contributed by atoms with Gasteiger partial charge in [-0.15, -0.1) is 11.3 Å². The quantitative estimate of drug-likeness (QED) is 0.627. The summed E-state index contributed by atoms with van der Waals surface area (Å²) in [6.07, 6.45) is -0.271. The predicted molar refractivity (Wildman–Crippen MR) is 115 cm³/mol. The Labute approximate surface area is 174 Å². The normalized spacial score (nSPS) is 18.2. The van der Waals surface area contributed by atoms with E-state index < -0.39 is 11.5 Å². The minimum Gasteiger partial charge on any atom is -0.375 e. The number of anilines is 1. The number of para-hydroxylation sites is 1. The van der Waals surface area contributed by atoms with E-state index >= 15 is 0 Å². The molecular formula is C24H23NO3S. The van der Waals surface area contributed by atoms with Gasteiger partial charge in [-0.2, -0.15) is 0 Å². The molecule has 148 valence electrons. The van der Waals surface area contributed by atoms with Gasteiger partial charge in [0.25, 0.3) is 5.91 Å². The van der Waals surface area contributed by atoms with Crippen LogP contribution >= 0.6 is 11.3 Å². The van der Waals surface area contributed by atoms with Gasteiger partial charge in [0, 0.05) is 16.0 Å². The lowest BCUT2D eigenvalue weighted by Crippen LogP contribution is -2.41. The standard InChI is InChI=1S/C24H23NO3S/c1-15-11-17(3)19(12-16(15)2)22(26)13-24(28)20-8-4-5-9-21(20)25(23(24)27)14-18-7-6-10-29-18/h4-12,28H,13-14H2,1-3H3. The van der Waals surface area contributed by atoms with Crippen molar-refractivity contribution in [2.24, 2.45) is 0 Å². The Morgan fingerprint density at radius 3 is 2.48 bits per heavy atom. The number of aliphatic hydroxyl groups is 1. The minimum atomic E-state index is -1.85. The van der Waals surface area contributed by atoms with E-state index in [4.69, 9.17) is 0 Å². The number of Topliss-reactive ketones (excluding diaryl/α,β-unsaturated/α-hetero) is 1. The minimum absolute atomic E-state index is 0.228. The summed E-state index contributed by atoms with van der Waals surface area (Å²) in [5, 5.41) is 13.4. The third-order valence-corrected chi connectivity index (χ3v) is 6.55. The van der Waals surface area contributed by atoms with Gasteiger partial charge < -0.3 is 10.0 Å². The summed E-state index contributed by atoms with van der Waals surface area (Å²) >= 11 is 1.56. The maximum absolute atomic E-state index is 13.3. The number of fused-ring (bicyclic) bond motifs is 1. The van der Waals surface area contributed by atoms with Crippen LogP contribution in [-0.4, -0.2) is 16.8 Å². The molecule has 1 aliphatic heterocycles. The number of aryl methyl sites for hydroxylation is 3. The van der Waals surface area contributed by atoms with Crippen molar-refractivity contribution in [3.8, 4) is 0 Å². The number of hydrogen-bond acceptors (Lipinski definition) is 4. The average molecular weight is 406 g/mol. The highest BCUT2D eigenvalue weighted by Gasteiger charge is 2.50. The SMILES string of the molecule is Cc1cc(C)c(C(=O)CC2(O)C(=O)N(Cc3cccs3)c3ccccc32)cc1C. The monoisotopic (exact) mass is 405 g/mol. The third-order valence-electron chi connectivity index (χ3n) is 5.69. The smallest absolute Gasteiger partial charge is 0.264 e. The topological polar surface area (TPSA) is 57.6 Å². The van der Waals surface area contributed by atoms with Crippen LogP contribution in [-0.2, 0) is 16.9 Å². The van der Waals surface area contributed by atoms with Crippen LogP contribution in [0.1, 0.15) is 43.9 Å². The lowest BCUT2D eigenvalue weighted by molar-refractivity contribution is -0.136. The van der Waals surface area contributed by atoms with E-state index in [1.165, 1.54) is 0 Å². The van der Waals surface area contributed by atoms with E-state index in [1.54, 1.807) is 28.4 Å². The molecule has 1 aliphatic rings. The molecule has 4 nitrogen and oxygen atoms in total. The second kappa shape index (κ2) is 7.25. The van der Waals surface area contributed by atoms with Crippen LogP contribution < -0.4 is 4.90 Å². The van der Waals surface area contributed by atoms with Crippen molar-refractivity contribution in [1.82, 2.24) is 0 Å². The Bertz CT molecular complexity index is 1100. The molecule has 3 aromatic rings. The summed E-state index contributed by atoms with van der Waals surface area (Å²) < 4.78 is 0. The molecule has 29 heavy (non-hydrogen) atoms. The second-order valence-corrected chi connectivity index (χ2v) is 8.73. The van der Waals surface area contributed by atoms with Gasteiger partial charge in [-0.1, -0.05) is 30.3 Å². The van der Waals surface area contributed by atoms with Crippen LogP contribution in [0.15, 0.2) is 53.9 Å². The zero-order chi connectivity index (χ0) is 20.8. The number of ketones is 1. The molecular weight excluding hydrogens is 382 g/mol. The van der Waals surface area contributed by atoms with E-state index in [0.29, 0.717) is 23.4 Å². The first-order chi connectivity index (χ1) is 13.8. The van der Waals surface area contributed by atoms with Crippen molar-refractivity contribution < 1.29 is 14.7 Å². The summed E-state index contributed by atoms with van der Waals surface area (Å²) in [4.78, 5) is 29.1. The maximum Gasteiger partial charge on any atom is 0.264 e. The van der Waals surface area contributed by atoms with E-state index in [2.05, 4.69) is 0 Å². The predicted octanol–water partition coefficient (Wildman–Crippen LogP) is 4.68. The number of benzene rings is 2. The van der Waals surface area contributed by atoms with Crippen LogP contribution in [0.5, 0.6) is 0 Å². The van der Waals surface area contributed by atoms with Crippen molar-refractivity contribution in [3.05, 3.63) is 86.6 Å². The van der Waals surface area contributed by atoms with E-state index in [0.717, 1.165) is 21.6 Å². The molecule has 1 unspecified atom stereocenters. The number of carbonyl (C=O) groups excluding carboxylic acids is 2. The van der Waals surface area contributed by atoms with Gasteiger partial charge in [0.1, 0.15) is 0 Å². The first-order valence-corrected chi connectivity index (χ1v) is 10.5. The Kier molecular flexibility index (Phi) is 4.89. The molecule has 2 heterocycles. The van der Waals surface area contributed by atoms with E-state index in [9.17, 15) is 14.7 Å². The molecule has 1 N–H and O–H groups in total. The fourth-order valence-corrected chi connectivity index (χ4v) is 4.67. The van der Waals surface area contributed by atoms with Gasteiger partial charge in [-0.3, -0.25) is 9.59 Å². The fraction of sp³-hybridized carbons (Fsp3) is 0.250. The second-order valence-electron chi connectivity index (χ2n) is 7.70. The molecule has 1 aromatic heterocycles. The number of rotatable bonds is 5. The maximum atomic E-state index is 13.3. The van der Waals surface area contributed by atoms with Crippen molar-refractivity contribution >= 4 is 28.7 Å². The lowest BCUT2D eigenvalue weighted by Gasteiger charge is -2.23. The van der Waals surface area contributed by atoms with Crippen molar-refractivity contribution in [2.75, 3.05) is 4.90 Å². The zero-order valence-electron chi connectivity index (χ0n) is 16.7. The number of nitrogens with zero attached hydrogens (tertiary/aromatic N) is 1. The van der Waals surface area contributed by atoms with Gasteiger partial charge in [0.15, 0.2) is 11.4 Å². The van der Waals surface area contributed by atoms with Crippen LogP contribution in [0.3, 0.4) is 0 Å². The first kappa shape index (κ1) is 19.6. The van der Waals surface area contributed by atoms with E-state index in [1.807, 2.05) is 62.5 Å². The summed E-state index contributed by atoms with van der Waals surface area (Å²) in [6.45, 7) is 6.23.